The van der Waals surface area contributed by atoms with Crippen molar-refractivity contribution in [1.82, 2.24) is 0 Å². The molecule has 1 fully saturated rings. The fourth-order valence-corrected chi connectivity index (χ4v) is 3.25. The smallest absolute Gasteiger partial charge is 0.120 e. The Morgan fingerprint density at radius 3 is 2.35 bits per heavy atom. The van der Waals surface area contributed by atoms with Gasteiger partial charge in [-0.1, -0.05) is 34.6 Å². The zero-order valence-electron chi connectivity index (χ0n) is 12.4. The van der Waals surface area contributed by atoms with E-state index in [4.69, 9.17) is 0 Å². The van der Waals surface area contributed by atoms with Crippen LogP contribution in [0.1, 0.15) is 73.1 Å². The van der Waals surface area contributed by atoms with Gasteiger partial charge in [-0.3, -0.25) is 0 Å². The van der Waals surface area contributed by atoms with E-state index in [1.165, 1.54) is 25.7 Å². The number of hydrogen-bond donors (Lipinski definition) is 0. The SMILES string of the molecule is CC1CCC(CCC(C)(C)CCC=O)C1(C)C. The van der Waals surface area contributed by atoms with E-state index in [2.05, 4.69) is 34.6 Å². The van der Waals surface area contributed by atoms with Gasteiger partial charge in [0, 0.05) is 6.42 Å². The molecule has 0 aromatic rings. The number of carbonyl (C=O) groups excluding carboxylic acids is 1. The first-order valence-electron chi connectivity index (χ1n) is 7.23. The molecule has 100 valence electrons. The van der Waals surface area contributed by atoms with Gasteiger partial charge >= 0.3 is 0 Å². The van der Waals surface area contributed by atoms with Gasteiger partial charge in [-0.05, 0) is 54.8 Å². The maximum Gasteiger partial charge on any atom is 0.120 e. The maximum atomic E-state index is 10.5. The van der Waals surface area contributed by atoms with Crippen LogP contribution in [0.2, 0.25) is 0 Å². The van der Waals surface area contributed by atoms with Crippen LogP contribution >= 0.6 is 0 Å². The standard InChI is InChI=1S/C16H30O/c1-13-7-8-14(16(13,4)5)9-11-15(2,3)10-6-12-17/h12-14H,6-11H2,1-5H3. The van der Waals surface area contributed by atoms with Crippen LogP contribution in [0.3, 0.4) is 0 Å². The summed E-state index contributed by atoms with van der Waals surface area (Å²) in [5, 5.41) is 0. The van der Waals surface area contributed by atoms with Gasteiger partial charge in [0.15, 0.2) is 0 Å². The first-order chi connectivity index (χ1) is 7.79. The largest absolute Gasteiger partial charge is 0.303 e. The maximum absolute atomic E-state index is 10.5. The average Bonchev–Trinajstić information content (AvgIpc) is 2.49. The summed E-state index contributed by atoms with van der Waals surface area (Å²) in [6.07, 6.45) is 8.22. The quantitative estimate of drug-likeness (QED) is 0.605. The highest BCUT2D eigenvalue weighted by Gasteiger charge is 2.40. The minimum Gasteiger partial charge on any atom is -0.303 e. The monoisotopic (exact) mass is 238 g/mol. The Hall–Kier alpha value is -0.330. The molecule has 0 N–H and O–H groups in total. The first-order valence-corrected chi connectivity index (χ1v) is 7.23. The second kappa shape index (κ2) is 5.54. The van der Waals surface area contributed by atoms with E-state index in [-0.39, 0.29) is 0 Å². The Morgan fingerprint density at radius 1 is 1.24 bits per heavy atom. The zero-order valence-corrected chi connectivity index (χ0v) is 12.4. The summed E-state index contributed by atoms with van der Waals surface area (Å²) in [6.45, 7) is 11.9. The zero-order chi connectivity index (χ0) is 13.1. The predicted molar refractivity (Wildman–Crippen MR) is 74.0 cm³/mol. The van der Waals surface area contributed by atoms with Crippen molar-refractivity contribution < 1.29 is 4.79 Å². The Bertz CT molecular complexity index is 252. The highest BCUT2D eigenvalue weighted by Crippen LogP contribution is 2.50. The number of rotatable bonds is 6. The summed E-state index contributed by atoms with van der Waals surface area (Å²) >= 11 is 0. The van der Waals surface area contributed by atoms with Crippen molar-refractivity contribution in [3.05, 3.63) is 0 Å². The van der Waals surface area contributed by atoms with Gasteiger partial charge in [-0.2, -0.15) is 0 Å². The van der Waals surface area contributed by atoms with Gasteiger partial charge in [-0.15, -0.1) is 0 Å². The van der Waals surface area contributed by atoms with Gasteiger partial charge < -0.3 is 4.79 Å². The Balaban J connectivity index is 2.43. The van der Waals surface area contributed by atoms with E-state index in [0.717, 1.165) is 31.0 Å². The molecular weight excluding hydrogens is 208 g/mol. The van der Waals surface area contributed by atoms with Crippen LogP contribution in [0.25, 0.3) is 0 Å². The van der Waals surface area contributed by atoms with Gasteiger partial charge in [0.05, 0.1) is 0 Å². The molecule has 1 aliphatic carbocycles. The molecule has 0 amide bonds. The molecule has 0 saturated heterocycles. The molecule has 2 unspecified atom stereocenters. The molecule has 1 heteroatoms. The molecule has 0 heterocycles. The normalized spacial score (nSPS) is 28.3. The minimum absolute atomic E-state index is 0.336. The molecule has 0 aromatic carbocycles. The van der Waals surface area contributed by atoms with Crippen LogP contribution in [0.4, 0.5) is 0 Å². The Morgan fingerprint density at radius 2 is 1.88 bits per heavy atom. The fourth-order valence-electron chi connectivity index (χ4n) is 3.25. The van der Waals surface area contributed by atoms with Gasteiger partial charge in [0.25, 0.3) is 0 Å². The lowest BCUT2D eigenvalue weighted by molar-refractivity contribution is -0.108. The number of hydrogen-bond acceptors (Lipinski definition) is 1. The molecule has 0 spiro atoms. The predicted octanol–water partition coefficient (Wildman–Crippen LogP) is 4.84. The lowest BCUT2D eigenvalue weighted by Gasteiger charge is -2.34. The number of aldehydes is 1. The molecule has 1 saturated carbocycles. The van der Waals surface area contributed by atoms with Crippen LogP contribution in [-0.2, 0) is 4.79 Å². The third-order valence-electron chi connectivity index (χ3n) is 5.38. The summed E-state index contributed by atoms with van der Waals surface area (Å²) in [4.78, 5) is 10.5. The van der Waals surface area contributed by atoms with Gasteiger partial charge in [0.1, 0.15) is 6.29 Å². The van der Waals surface area contributed by atoms with Crippen molar-refractivity contribution in [2.75, 3.05) is 0 Å². The van der Waals surface area contributed by atoms with E-state index in [0.29, 0.717) is 10.8 Å². The third kappa shape index (κ3) is 3.82. The van der Waals surface area contributed by atoms with E-state index in [9.17, 15) is 4.79 Å². The van der Waals surface area contributed by atoms with E-state index in [1.54, 1.807) is 0 Å². The van der Waals surface area contributed by atoms with Crippen molar-refractivity contribution in [2.24, 2.45) is 22.7 Å². The van der Waals surface area contributed by atoms with Crippen molar-refractivity contribution in [2.45, 2.75) is 73.1 Å². The van der Waals surface area contributed by atoms with Crippen LogP contribution in [0.15, 0.2) is 0 Å². The van der Waals surface area contributed by atoms with Crippen molar-refractivity contribution in [3.8, 4) is 0 Å². The van der Waals surface area contributed by atoms with Crippen LogP contribution in [0.5, 0.6) is 0 Å². The molecule has 1 aliphatic rings. The molecule has 1 rings (SSSR count). The summed E-state index contributed by atoms with van der Waals surface area (Å²) < 4.78 is 0. The third-order valence-corrected chi connectivity index (χ3v) is 5.38. The van der Waals surface area contributed by atoms with E-state index in [1.807, 2.05) is 0 Å². The lowest BCUT2D eigenvalue weighted by Crippen LogP contribution is -2.25. The van der Waals surface area contributed by atoms with Gasteiger partial charge in [0.2, 0.25) is 0 Å². The molecule has 0 aromatic heterocycles. The van der Waals surface area contributed by atoms with E-state index < -0.39 is 0 Å². The molecule has 2 atom stereocenters. The molecular formula is C16H30O. The Kier molecular flexibility index (Phi) is 4.80. The summed E-state index contributed by atoms with van der Waals surface area (Å²) in [5.41, 5.74) is 0.851. The first kappa shape index (κ1) is 14.7. The van der Waals surface area contributed by atoms with Crippen molar-refractivity contribution in [3.63, 3.8) is 0 Å². The fraction of sp³-hybridized carbons (Fsp3) is 0.938. The van der Waals surface area contributed by atoms with Gasteiger partial charge in [-0.25, -0.2) is 0 Å². The Labute approximate surface area is 107 Å². The lowest BCUT2D eigenvalue weighted by atomic mass is 9.72. The van der Waals surface area contributed by atoms with Crippen molar-refractivity contribution >= 4 is 6.29 Å². The molecule has 1 nitrogen and oxygen atoms in total. The molecule has 0 aliphatic heterocycles. The van der Waals surface area contributed by atoms with E-state index >= 15 is 0 Å². The topological polar surface area (TPSA) is 17.1 Å². The van der Waals surface area contributed by atoms with Crippen LogP contribution in [0, 0.1) is 22.7 Å². The second-order valence-electron chi connectivity index (χ2n) is 7.40. The highest BCUT2D eigenvalue weighted by atomic mass is 16.1. The van der Waals surface area contributed by atoms with Crippen molar-refractivity contribution in [1.29, 1.82) is 0 Å². The molecule has 0 radical (unpaired) electrons. The summed E-state index contributed by atoms with van der Waals surface area (Å²) in [5.74, 6) is 1.75. The summed E-state index contributed by atoms with van der Waals surface area (Å²) in [6, 6.07) is 0. The average molecular weight is 238 g/mol. The number of carbonyl (C=O) groups is 1. The molecule has 17 heavy (non-hydrogen) atoms. The van der Waals surface area contributed by atoms with Crippen LogP contribution < -0.4 is 0 Å². The van der Waals surface area contributed by atoms with Crippen LogP contribution in [-0.4, -0.2) is 6.29 Å². The second-order valence-corrected chi connectivity index (χ2v) is 7.40. The molecule has 0 bridgehead atoms. The minimum atomic E-state index is 0.336. The highest BCUT2D eigenvalue weighted by molar-refractivity contribution is 5.49. The summed E-state index contributed by atoms with van der Waals surface area (Å²) in [7, 11) is 0.